The van der Waals surface area contributed by atoms with E-state index in [1.54, 1.807) is 0 Å². The molecule has 1 amide bonds. The third-order valence-corrected chi connectivity index (χ3v) is 3.68. The first-order valence-electron chi connectivity index (χ1n) is 7.51. The maximum absolute atomic E-state index is 12.2. The van der Waals surface area contributed by atoms with Crippen molar-refractivity contribution in [3.63, 3.8) is 0 Å². The Morgan fingerprint density at radius 3 is 2.43 bits per heavy atom. The van der Waals surface area contributed by atoms with Crippen molar-refractivity contribution in [2.45, 2.75) is 39.5 Å². The minimum absolute atomic E-state index is 0.0788. The van der Waals surface area contributed by atoms with Crippen LogP contribution >= 0.6 is 0 Å². The molecule has 2 aromatic carbocycles. The van der Waals surface area contributed by atoms with Gasteiger partial charge in [-0.1, -0.05) is 62.4 Å². The third kappa shape index (κ3) is 4.19. The molecule has 0 spiro atoms. The van der Waals surface area contributed by atoms with Crippen LogP contribution in [0.1, 0.15) is 42.9 Å². The second kappa shape index (κ2) is 7.07. The van der Waals surface area contributed by atoms with Crippen molar-refractivity contribution in [1.29, 1.82) is 0 Å². The third-order valence-electron chi connectivity index (χ3n) is 3.68. The van der Waals surface area contributed by atoms with E-state index in [2.05, 4.69) is 37.4 Å². The van der Waals surface area contributed by atoms with Gasteiger partial charge in [0, 0.05) is 12.1 Å². The molecular weight excluding hydrogens is 258 g/mol. The molecule has 0 aliphatic carbocycles. The minimum atomic E-state index is 0.0788. The number of anilines is 1. The van der Waals surface area contributed by atoms with Crippen LogP contribution in [0, 0.1) is 6.92 Å². The van der Waals surface area contributed by atoms with E-state index < -0.39 is 0 Å². The Bertz CT molecular complexity index is 602. The molecule has 1 N–H and O–H groups in total. The van der Waals surface area contributed by atoms with Gasteiger partial charge in [0.15, 0.2) is 0 Å². The van der Waals surface area contributed by atoms with Gasteiger partial charge in [-0.2, -0.15) is 0 Å². The summed E-state index contributed by atoms with van der Waals surface area (Å²) in [5.74, 6) is 0.476. The lowest BCUT2D eigenvalue weighted by atomic mass is 9.98. The minimum Gasteiger partial charge on any atom is -0.326 e. The maximum Gasteiger partial charge on any atom is 0.224 e. The highest BCUT2D eigenvalue weighted by molar-refractivity contribution is 5.92. The normalized spacial score (nSPS) is 10.7. The number of para-hydroxylation sites is 1. The fraction of sp³-hybridized carbons (Fsp3) is 0.316. The van der Waals surface area contributed by atoms with Gasteiger partial charge in [0.05, 0.1) is 0 Å². The molecule has 0 bridgehead atoms. The zero-order chi connectivity index (χ0) is 15.2. The largest absolute Gasteiger partial charge is 0.326 e. The lowest BCUT2D eigenvalue weighted by Crippen LogP contribution is -2.15. The van der Waals surface area contributed by atoms with Gasteiger partial charge in [0.25, 0.3) is 0 Å². The van der Waals surface area contributed by atoms with Crippen molar-refractivity contribution in [2.75, 3.05) is 5.32 Å². The van der Waals surface area contributed by atoms with E-state index in [4.69, 9.17) is 0 Å². The molecular formula is C19H23NO. The first-order chi connectivity index (χ1) is 10.1. The molecule has 0 radical (unpaired) electrons. The van der Waals surface area contributed by atoms with Crippen molar-refractivity contribution in [2.24, 2.45) is 0 Å². The second-order valence-corrected chi connectivity index (χ2v) is 5.73. The first kappa shape index (κ1) is 15.3. The van der Waals surface area contributed by atoms with E-state index in [-0.39, 0.29) is 5.91 Å². The van der Waals surface area contributed by atoms with E-state index in [0.29, 0.717) is 12.3 Å². The number of carbonyl (C=O) groups excluding carboxylic acids is 1. The molecule has 0 fully saturated rings. The average Bonchev–Trinajstić information content (AvgIpc) is 2.48. The first-order valence-corrected chi connectivity index (χ1v) is 7.51. The molecule has 2 aromatic rings. The quantitative estimate of drug-likeness (QED) is 0.846. The van der Waals surface area contributed by atoms with Crippen LogP contribution in [0.4, 0.5) is 5.69 Å². The lowest BCUT2D eigenvalue weighted by Gasteiger charge is -2.16. The Morgan fingerprint density at radius 1 is 1.05 bits per heavy atom. The van der Waals surface area contributed by atoms with Gasteiger partial charge in [-0.15, -0.1) is 0 Å². The Balaban J connectivity index is 2.03. The highest BCUT2D eigenvalue weighted by Crippen LogP contribution is 2.27. The highest BCUT2D eigenvalue weighted by atomic mass is 16.1. The molecule has 0 saturated heterocycles. The van der Waals surface area contributed by atoms with Crippen LogP contribution in [0.3, 0.4) is 0 Å². The number of aryl methyl sites for hydroxylation is 2. The number of hydrogen-bond donors (Lipinski definition) is 1. The molecule has 0 aliphatic rings. The van der Waals surface area contributed by atoms with Gasteiger partial charge >= 0.3 is 0 Å². The summed E-state index contributed by atoms with van der Waals surface area (Å²) in [7, 11) is 0. The van der Waals surface area contributed by atoms with Gasteiger partial charge in [0.1, 0.15) is 0 Å². The van der Waals surface area contributed by atoms with Crippen molar-refractivity contribution < 1.29 is 4.79 Å². The molecule has 0 unspecified atom stereocenters. The van der Waals surface area contributed by atoms with Crippen molar-refractivity contribution in [1.82, 2.24) is 0 Å². The summed E-state index contributed by atoms with van der Waals surface area (Å²) in [4.78, 5) is 12.2. The van der Waals surface area contributed by atoms with Crippen molar-refractivity contribution in [3.05, 3.63) is 65.2 Å². The summed E-state index contributed by atoms with van der Waals surface area (Å²) in [6.07, 6.45) is 1.28. The maximum atomic E-state index is 12.2. The average molecular weight is 281 g/mol. The molecule has 2 heteroatoms. The second-order valence-electron chi connectivity index (χ2n) is 5.73. The van der Waals surface area contributed by atoms with E-state index >= 15 is 0 Å². The molecule has 21 heavy (non-hydrogen) atoms. The smallest absolute Gasteiger partial charge is 0.224 e. The monoisotopic (exact) mass is 281 g/mol. The summed E-state index contributed by atoms with van der Waals surface area (Å²) in [6.45, 7) is 6.33. The number of carbonyl (C=O) groups is 1. The SMILES string of the molecule is Cc1cccc(C(C)C)c1NC(=O)CCc1ccccc1. The zero-order valence-corrected chi connectivity index (χ0v) is 13.0. The lowest BCUT2D eigenvalue weighted by molar-refractivity contribution is -0.116. The summed E-state index contributed by atoms with van der Waals surface area (Å²) in [5.41, 5.74) is 4.49. The van der Waals surface area contributed by atoms with Gasteiger partial charge in [-0.25, -0.2) is 0 Å². The molecule has 2 rings (SSSR count). The van der Waals surface area contributed by atoms with Crippen molar-refractivity contribution in [3.8, 4) is 0 Å². The van der Waals surface area contributed by atoms with Crippen LogP contribution in [-0.4, -0.2) is 5.91 Å². The topological polar surface area (TPSA) is 29.1 Å². The standard InChI is InChI=1S/C19H23NO/c1-14(2)17-11-7-8-15(3)19(17)20-18(21)13-12-16-9-5-4-6-10-16/h4-11,14H,12-13H2,1-3H3,(H,20,21). The zero-order valence-electron chi connectivity index (χ0n) is 13.0. The van der Waals surface area contributed by atoms with Crippen molar-refractivity contribution >= 4 is 11.6 Å². The molecule has 0 aliphatic heterocycles. The Hall–Kier alpha value is -2.09. The number of amides is 1. The van der Waals surface area contributed by atoms with Gasteiger partial charge in [-0.05, 0) is 36.0 Å². The van der Waals surface area contributed by atoms with E-state index in [1.165, 1.54) is 11.1 Å². The Morgan fingerprint density at radius 2 is 1.76 bits per heavy atom. The summed E-state index contributed by atoms with van der Waals surface area (Å²) >= 11 is 0. The van der Waals surface area contributed by atoms with Crippen LogP contribution in [0.5, 0.6) is 0 Å². The Kier molecular flexibility index (Phi) is 5.15. The van der Waals surface area contributed by atoms with Gasteiger partial charge in [0.2, 0.25) is 5.91 Å². The number of rotatable bonds is 5. The Labute approximate surface area is 127 Å². The summed E-state index contributed by atoms with van der Waals surface area (Å²) in [5, 5.41) is 3.09. The van der Waals surface area contributed by atoms with Crippen LogP contribution < -0.4 is 5.32 Å². The molecule has 2 nitrogen and oxygen atoms in total. The molecule has 0 atom stereocenters. The van der Waals surface area contributed by atoms with Crippen LogP contribution in [-0.2, 0) is 11.2 Å². The predicted octanol–water partition coefficient (Wildman–Crippen LogP) is 4.69. The fourth-order valence-corrected chi connectivity index (χ4v) is 2.45. The van der Waals surface area contributed by atoms with Crippen LogP contribution in [0.2, 0.25) is 0 Å². The molecule has 0 heterocycles. The fourth-order valence-electron chi connectivity index (χ4n) is 2.45. The number of hydrogen-bond acceptors (Lipinski definition) is 1. The number of benzene rings is 2. The molecule has 0 saturated carbocycles. The van der Waals surface area contributed by atoms with E-state index in [0.717, 1.165) is 17.7 Å². The van der Waals surface area contributed by atoms with Crippen LogP contribution in [0.15, 0.2) is 48.5 Å². The number of nitrogens with one attached hydrogen (secondary N) is 1. The van der Waals surface area contributed by atoms with E-state index in [1.807, 2.05) is 37.3 Å². The highest BCUT2D eigenvalue weighted by Gasteiger charge is 2.11. The molecule has 110 valence electrons. The van der Waals surface area contributed by atoms with E-state index in [9.17, 15) is 4.79 Å². The summed E-state index contributed by atoms with van der Waals surface area (Å²) < 4.78 is 0. The summed E-state index contributed by atoms with van der Waals surface area (Å²) in [6, 6.07) is 16.3. The van der Waals surface area contributed by atoms with Gasteiger partial charge < -0.3 is 5.32 Å². The predicted molar refractivity (Wildman–Crippen MR) is 88.7 cm³/mol. The van der Waals surface area contributed by atoms with Gasteiger partial charge in [-0.3, -0.25) is 4.79 Å². The molecule has 0 aromatic heterocycles. The van der Waals surface area contributed by atoms with Crippen LogP contribution in [0.25, 0.3) is 0 Å².